The van der Waals surface area contributed by atoms with Gasteiger partial charge >= 0.3 is 0 Å². The van der Waals surface area contributed by atoms with Crippen molar-refractivity contribution in [3.8, 4) is 11.8 Å². The minimum absolute atomic E-state index is 0.368. The zero-order valence-electron chi connectivity index (χ0n) is 11.6. The van der Waals surface area contributed by atoms with E-state index in [-0.39, 0.29) is 5.79 Å². The monoisotopic (exact) mass is 274 g/mol. The number of methoxy groups -OCH3 is 1. The molecule has 0 atom stereocenters. The van der Waals surface area contributed by atoms with Crippen LogP contribution in [0.1, 0.15) is 18.4 Å². The Hall–Kier alpha value is -1.77. The lowest BCUT2D eigenvalue weighted by atomic mass is 10.0. The van der Waals surface area contributed by atoms with Crippen LogP contribution in [0.5, 0.6) is 5.75 Å². The van der Waals surface area contributed by atoms with E-state index < -0.39 is 0 Å². The molecule has 0 aliphatic carbocycles. The lowest BCUT2D eigenvalue weighted by molar-refractivity contribution is -0.169. The van der Waals surface area contributed by atoms with E-state index in [9.17, 15) is 0 Å². The maximum absolute atomic E-state index is 9.08. The largest absolute Gasteiger partial charge is 0.497 e. The number of nitriles is 1. The van der Waals surface area contributed by atoms with Crippen LogP contribution < -0.4 is 9.64 Å². The standard InChI is InChI=1S/C15H18N2O3/c1-18-14-9-12(11-16)8-13(10-14)17-4-2-15(3-5-17)19-6-7-20-15/h8-10H,2-7H2,1H3. The van der Waals surface area contributed by atoms with Crippen LogP contribution >= 0.6 is 0 Å². The number of piperidine rings is 1. The second kappa shape index (κ2) is 5.31. The fourth-order valence-corrected chi connectivity index (χ4v) is 2.84. The van der Waals surface area contributed by atoms with Crippen molar-refractivity contribution >= 4 is 5.69 Å². The zero-order chi connectivity index (χ0) is 14.0. The first-order valence-corrected chi connectivity index (χ1v) is 6.87. The van der Waals surface area contributed by atoms with Gasteiger partial charge in [-0.2, -0.15) is 5.26 Å². The lowest BCUT2D eigenvalue weighted by Gasteiger charge is -2.38. The molecule has 0 saturated carbocycles. The van der Waals surface area contributed by atoms with E-state index in [1.165, 1.54) is 0 Å². The van der Waals surface area contributed by atoms with Crippen LogP contribution in [-0.2, 0) is 9.47 Å². The predicted octanol–water partition coefficient (Wildman–Crippen LogP) is 1.91. The summed E-state index contributed by atoms with van der Waals surface area (Å²) in [5.41, 5.74) is 1.64. The van der Waals surface area contributed by atoms with E-state index in [2.05, 4.69) is 11.0 Å². The molecule has 1 spiro atoms. The van der Waals surface area contributed by atoms with Crippen LogP contribution in [-0.4, -0.2) is 39.2 Å². The number of nitrogens with zero attached hydrogens (tertiary/aromatic N) is 2. The highest BCUT2D eigenvalue weighted by Crippen LogP contribution is 2.34. The third kappa shape index (κ3) is 2.45. The summed E-state index contributed by atoms with van der Waals surface area (Å²) in [6, 6.07) is 7.79. The molecule has 3 rings (SSSR count). The van der Waals surface area contributed by atoms with Gasteiger partial charge in [0.15, 0.2) is 5.79 Å². The third-order valence-corrected chi connectivity index (χ3v) is 3.96. The van der Waals surface area contributed by atoms with Crippen LogP contribution in [0.4, 0.5) is 5.69 Å². The van der Waals surface area contributed by atoms with Gasteiger partial charge in [0.05, 0.1) is 32.0 Å². The summed E-state index contributed by atoms with van der Waals surface area (Å²) in [5.74, 6) is 0.348. The maximum atomic E-state index is 9.08. The minimum atomic E-state index is -0.368. The Balaban J connectivity index is 1.76. The van der Waals surface area contributed by atoms with Crippen molar-refractivity contribution in [2.24, 2.45) is 0 Å². The predicted molar refractivity (Wildman–Crippen MR) is 73.8 cm³/mol. The SMILES string of the molecule is COc1cc(C#N)cc(N2CCC3(CC2)OCCO3)c1. The summed E-state index contributed by atoms with van der Waals surface area (Å²) >= 11 is 0. The average molecular weight is 274 g/mol. The molecule has 2 aliphatic rings. The van der Waals surface area contributed by atoms with Crippen LogP contribution in [0.15, 0.2) is 18.2 Å². The third-order valence-electron chi connectivity index (χ3n) is 3.96. The fourth-order valence-electron chi connectivity index (χ4n) is 2.84. The average Bonchev–Trinajstić information content (AvgIpc) is 2.95. The molecule has 5 heteroatoms. The smallest absolute Gasteiger partial charge is 0.171 e. The van der Waals surface area contributed by atoms with Crippen molar-refractivity contribution in [3.05, 3.63) is 23.8 Å². The van der Waals surface area contributed by atoms with Crippen molar-refractivity contribution in [3.63, 3.8) is 0 Å². The van der Waals surface area contributed by atoms with Gasteiger partial charge in [-0.25, -0.2) is 0 Å². The molecule has 0 radical (unpaired) electrons. The van der Waals surface area contributed by atoms with Gasteiger partial charge in [0, 0.05) is 37.7 Å². The fraction of sp³-hybridized carbons (Fsp3) is 0.533. The first kappa shape index (κ1) is 13.2. The van der Waals surface area contributed by atoms with E-state index in [0.717, 1.165) is 31.6 Å². The molecule has 20 heavy (non-hydrogen) atoms. The molecular formula is C15H18N2O3. The van der Waals surface area contributed by atoms with Crippen LogP contribution in [0, 0.1) is 11.3 Å². The topological polar surface area (TPSA) is 54.7 Å². The molecule has 0 aromatic heterocycles. The Bertz CT molecular complexity index is 522. The number of rotatable bonds is 2. The molecule has 106 valence electrons. The first-order valence-electron chi connectivity index (χ1n) is 6.87. The summed E-state index contributed by atoms with van der Waals surface area (Å²) in [6.07, 6.45) is 1.71. The van der Waals surface area contributed by atoms with Crippen LogP contribution in [0.25, 0.3) is 0 Å². The summed E-state index contributed by atoms with van der Waals surface area (Å²) in [6.45, 7) is 3.10. The second-order valence-corrected chi connectivity index (χ2v) is 5.13. The Kier molecular flexibility index (Phi) is 3.51. The summed E-state index contributed by atoms with van der Waals surface area (Å²) in [4.78, 5) is 2.25. The Morgan fingerprint density at radius 2 is 1.90 bits per heavy atom. The minimum Gasteiger partial charge on any atom is -0.497 e. The van der Waals surface area contributed by atoms with E-state index in [1.54, 1.807) is 13.2 Å². The van der Waals surface area contributed by atoms with Gasteiger partial charge < -0.3 is 19.1 Å². The molecule has 2 aliphatic heterocycles. The Morgan fingerprint density at radius 3 is 2.50 bits per heavy atom. The van der Waals surface area contributed by atoms with Crippen molar-refractivity contribution in [1.29, 1.82) is 5.26 Å². The number of benzene rings is 1. The van der Waals surface area contributed by atoms with Crippen molar-refractivity contribution < 1.29 is 14.2 Å². The zero-order valence-corrected chi connectivity index (χ0v) is 11.6. The van der Waals surface area contributed by atoms with Gasteiger partial charge in [-0.1, -0.05) is 0 Å². The van der Waals surface area contributed by atoms with E-state index >= 15 is 0 Å². The molecule has 0 bridgehead atoms. The number of anilines is 1. The normalized spacial score (nSPS) is 20.9. The Morgan fingerprint density at radius 1 is 1.20 bits per heavy atom. The van der Waals surface area contributed by atoms with Crippen molar-refractivity contribution in [2.75, 3.05) is 38.3 Å². The molecule has 5 nitrogen and oxygen atoms in total. The highest BCUT2D eigenvalue weighted by atomic mass is 16.7. The number of hydrogen-bond acceptors (Lipinski definition) is 5. The molecule has 1 aromatic carbocycles. The maximum Gasteiger partial charge on any atom is 0.171 e. The molecule has 0 amide bonds. The van der Waals surface area contributed by atoms with E-state index in [4.69, 9.17) is 19.5 Å². The van der Waals surface area contributed by atoms with Gasteiger partial charge in [-0.15, -0.1) is 0 Å². The number of ether oxygens (including phenoxy) is 3. The molecule has 2 saturated heterocycles. The summed E-state index contributed by atoms with van der Waals surface area (Å²) in [7, 11) is 1.62. The van der Waals surface area contributed by atoms with Gasteiger partial charge in [0.2, 0.25) is 0 Å². The van der Waals surface area contributed by atoms with Gasteiger partial charge in [0.1, 0.15) is 5.75 Å². The van der Waals surface area contributed by atoms with E-state index in [1.807, 2.05) is 12.1 Å². The summed E-state index contributed by atoms with van der Waals surface area (Å²) in [5, 5.41) is 9.08. The quantitative estimate of drug-likeness (QED) is 0.824. The summed E-state index contributed by atoms with van der Waals surface area (Å²) < 4.78 is 16.7. The van der Waals surface area contributed by atoms with Crippen LogP contribution in [0.3, 0.4) is 0 Å². The molecule has 2 fully saturated rings. The van der Waals surface area contributed by atoms with Gasteiger partial charge in [-0.05, 0) is 12.1 Å². The lowest BCUT2D eigenvalue weighted by Crippen LogP contribution is -2.45. The number of hydrogen-bond donors (Lipinski definition) is 0. The highest BCUT2D eigenvalue weighted by Gasteiger charge is 2.39. The molecular weight excluding hydrogens is 256 g/mol. The van der Waals surface area contributed by atoms with Gasteiger partial charge in [0.25, 0.3) is 0 Å². The molecule has 0 N–H and O–H groups in total. The van der Waals surface area contributed by atoms with Crippen LogP contribution in [0.2, 0.25) is 0 Å². The van der Waals surface area contributed by atoms with E-state index in [0.29, 0.717) is 24.5 Å². The molecule has 2 heterocycles. The first-order chi connectivity index (χ1) is 9.74. The van der Waals surface area contributed by atoms with Crippen molar-refractivity contribution in [1.82, 2.24) is 0 Å². The molecule has 1 aromatic rings. The molecule has 0 unspecified atom stereocenters. The van der Waals surface area contributed by atoms with Gasteiger partial charge in [-0.3, -0.25) is 0 Å². The highest BCUT2D eigenvalue weighted by molar-refractivity contribution is 5.56. The Labute approximate surface area is 118 Å². The van der Waals surface area contributed by atoms with Crippen molar-refractivity contribution in [2.45, 2.75) is 18.6 Å². The second-order valence-electron chi connectivity index (χ2n) is 5.13.